The lowest BCUT2D eigenvalue weighted by Gasteiger charge is -1.97. The van der Waals surface area contributed by atoms with Gasteiger partial charge in [0.1, 0.15) is 0 Å². The predicted octanol–water partition coefficient (Wildman–Crippen LogP) is 4.27. The molecule has 0 N–H and O–H groups in total. The highest BCUT2D eigenvalue weighted by Gasteiger charge is 2.03. The number of benzene rings is 2. The summed E-state index contributed by atoms with van der Waals surface area (Å²) in [6, 6.07) is 19.4. The first kappa shape index (κ1) is 12.7. The highest BCUT2D eigenvalue weighted by atomic mass is 32.2. The molecule has 0 aromatic heterocycles. The predicted molar refractivity (Wildman–Crippen MR) is 78.7 cm³/mol. The van der Waals surface area contributed by atoms with Crippen molar-refractivity contribution in [3.8, 4) is 0 Å². The maximum absolute atomic E-state index is 11.8. The Hall–Kier alpha value is -1.80. The van der Waals surface area contributed by atoms with Gasteiger partial charge in [0.2, 0.25) is 5.12 Å². The summed E-state index contributed by atoms with van der Waals surface area (Å²) >= 11 is 1.32. The third kappa shape index (κ3) is 3.90. The van der Waals surface area contributed by atoms with Gasteiger partial charge in [0, 0.05) is 11.3 Å². The van der Waals surface area contributed by atoms with Crippen LogP contribution in [0, 0.1) is 0 Å². The number of rotatable bonds is 4. The van der Waals surface area contributed by atoms with Crippen LogP contribution in [0.25, 0.3) is 6.08 Å². The number of hydrogen-bond acceptors (Lipinski definition) is 2. The van der Waals surface area contributed by atoms with Crippen LogP contribution in [-0.4, -0.2) is 10.9 Å². The van der Waals surface area contributed by atoms with Crippen LogP contribution in [0.3, 0.4) is 0 Å². The highest BCUT2D eigenvalue weighted by molar-refractivity contribution is 8.14. The van der Waals surface area contributed by atoms with Gasteiger partial charge in [-0.1, -0.05) is 84.6 Å². The minimum atomic E-state index is 0.119. The molecule has 0 saturated carbocycles. The van der Waals surface area contributed by atoms with E-state index in [1.165, 1.54) is 11.8 Å². The molecule has 0 radical (unpaired) electrons. The summed E-state index contributed by atoms with van der Waals surface area (Å²) in [7, 11) is 0. The highest BCUT2D eigenvalue weighted by Crippen LogP contribution is 2.12. The van der Waals surface area contributed by atoms with Gasteiger partial charge in [0.05, 0.1) is 0 Å². The first-order chi connectivity index (χ1) is 8.86. The molecule has 0 aliphatic rings. The Labute approximate surface area is 112 Å². The van der Waals surface area contributed by atoms with Crippen molar-refractivity contribution in [2.45, 2.75) is 0 Å². The molecule has 1 nitrogen and oxygen atoms in total. The lowest BCUT2D eigenvalue weighted by molar-refractivity contribution is 0.108. The fraction of sp³-hybridized carbons (Fsp3) is 0.0625. The summed E-state index contributed by atoms with van der Waals surface area (Å²) < 4.78 is 0. The summed E-state index contributed by atoms with van der Waals surface area (Å²) in [6.45, 7) is 0. The average Bonchev–Trinajstić information content (AvgIpc) is 2.45. The molecule has 2 heteroatoms. The van der Waals surface area contributed by atoms with E-state index in [1.54, 1.807) is 0 Å². The molecule has 0 aliphatic carbocycles. The van der Waals surface area contributed by atoms with E-state index in [0.29, 0.717) is 5.75 Å². The van der Waals surface area contributed by atoms with Crippen molar-refractivity contribution in [1.82, 2.24) is 0 Å². The minimum absolute atomic E-state index is 0.119. The van der Waals surface area contributed by atoms with Crippen molar-refractivity contribution in [3.05, 3.63) is 77.9 Å². The zero-order valence-electron chi connectivity index (χ0n) is 9.95. The van der Waals surface area contributed by atoms with Gasteiger partial charge in [-0.3, -0.25) is 4.79 Å². The molecule has 0 bridgehead atoms. The van der Waals surface area contributed by atoms with Crippen LogP contribution in [0.4, 0.5) is 0 Å². The second-order valence-corrected chi connectivity index (χ2v) is 4.77. The number of carbonyl (C=O) groups is 1. The quantitative estimate of drug-likeness (QED) is 0.810. The summed E-state index contributed by atoms with van der Waals surface area (Å²) in [4.78, 5) is 11.8. The van der Waals surface area contributed by atoms with Crippen molar-refractivity contribution in [2.24, 2.45) is 0 Å². The molecule has 0 spiro atoms. The summed E-state index contributed by atoms with van der Waals surface area (Å²) in [5, 5.41) is 0.119. The van der Waals surface area contributed by atoms with E-state index < -0.39 is 0 Å². The van der Waals surface area contributed by atoms with E-state index >= 15 is 0 Å². The molecule has 0 amide bonds. The summed E-state index contributed by atoms with van der Waals surface area (Å²) in [5.41, 5.74) is 1.92. The van der Waals surface area contributed by atoms with E-state index in [0.717, 1.165) is 11.1 Å². The summed E-state index contributed by atoms with van der Waals surface area (Å²) in [6.07, 6.45) is 4.05. The number of hydrogen-bond donors (Lipinski definition) is 0. The van der Waals surface area contributed by atoms with Crippen LogP contribution >= 0.6 is 11.8 Å². The maximum Gasteiger partial charge on any atom is 0.219 e. The normalized spacial score (nSPS) is 10.7. The first-order valence-electron chi connectivity index (χ1n) is 5.80. The Balaban J connectivity index is 1.83. The lowest BCUT2D eigenvalue weighted by Crippen LogP contribution is -1.92. The number of thioether (sulfide) groups is 1. The monoisotopic (exact) mass is 254 g/mol. The molecule has 0 heterocycles. The zero-order valence-corrected chi connectivity index (χ0v) is 10.8. The van der Waals surface area contributed by atoms with Crippen LogP contribution in [0.2, 0.25) is 0 Å². The maximum atomic E-state index is 11.8. The van der Waals surface area contributed by atoms with Crippen molar-refractivity contribution < 1.29 is 4.79 Å². The molecule has 0 aliphatic heterocycles. The van der Waals surface area contributed by atoms with Crippen molar-refractivity contribution >= 4 is 23.0 Å². The molecule has 0 atom stereocenters. The second-order valence-electron chi connectivity index (χ2n) is 3.78. The number of carbonyl (C=O) groups excluding carboxylic acids is 1. The average molecular weight is 254 g/mol. The largest absolute Gasteiger partial charge is 0.282 e. The van der Waals surface area contributed by atoms with E-state index in [4.69, 9.17) is 0 Å². The molecule has 18 heavy (non-hydrogen) atoms. The smallest absolute Gasteiger partial charge is 0.219 e. The first-order valence-corrected chi connectivity index (χ1v) is 6.78. The van der Waals surface area contributed by atoms with E-state index in [-0.39, 0.29) is 5.12 Å². The van der Waals surface area contributed by atoms with Crippen molar-refractivity contribution in [3.63, 3.8) is 0 Å². The Morgan fingerprint density at radius 3 is 2.22 bits per heavy atom. The Morgan fingerprint density at radius 1 is 0.944 bits per heavy atom. The topological polar surface area (TPSA) is 17.1 Å². The standard InChI is InChI=1S/C16H14OS/c17-16(15-11-5-2-6-12-15)18-13-7-10-14-8-3-1-4-9-14/h1-12H,13H2. The molecule has 0 saturated heterocycles. The summed E-state index contributed by atoms with van der Waals surface area (Å²) in [5.74, 6) is 0.697. The van der Waals surface area contributed by atoms with Gasteiger partial charge in [-0.15, -0.1) is 0 Å². The van der Waals surface area contributed by atoms with Gasteiger partial charge >= 0.3 is 0 Å². The van der Waals surface area contributed by atoms with Gasteiger partial charge < -0.3 is 0 Å². The molecule has 90 valence electrons. The third-order valence-electron chi connectivity index (χ3n) is 2.43. The van der Waals surface area contributed by atoms with E-state index in [9.17, 15) is 4.79 Å². The van der Waals surface area contributed by atoms with Crippen molar-refractivity contribution in [1.29, 1.82) is 0 Å². The van der Waals surface area contributed by atoms with E-state index in [2.05, 4.69) is 0 Å². The van der Waals surface area contributed by atoms with Crippen LogP contribution in [-0.2, 0) is 0 Å². The van der Waals surface area contributed by atoms with Gasteiger partial charge in [0.15, 0.2) is 0 Å². The Morgan fingerprint density at radius 2 is 1.56 bits per heavy atom. The van der Waals surface area contributed by atoms with Gasteiger partial charge in [-0.2, -0.15) is 0 Å². The van der Waals surface area contributed by atoms with Gasteiger partial charge in [-0.25, -0.2) is 0 Å². The van der Waals surface area contributed by atoms with Crippen LogP contribution in [0.15, 0.2) is 66.7 Å². The molecular weight excluding hydrogens is 240 g/mol. The van der Waals surface area contributed by atoms with Gasteiger partial charge in [0.25, 0.3) is 0 Å². The van der Waals surface area contributed by atoms with Crippen LogP contribution in [0.1, 0.15) is 15.9 Å². The van der Waals surface area contributed by atoms with Crippen LogP contribution in [0.5, 0.6) is 0 Å². The minimum Gasteiger partial charge on any atom is -0.282 e. The molecule has 2 aromatic rings. The SMILES string of the molecule is O=C(SCC=Cc1ccccc1)c1ccccc1. The molecular formula is C16H14OS. The molecule has 0 unspecified atom stereocenters. The second kappa shape index (κ2) is 6.82. The zero-order chi connectivity index (χ0) is 12.6. The Bertz CT molecular complexity index is 517. The third-order valence-corrected chi connectivity index (χ3v) is 3.29. The van der Waals surface area contributed by atoms with Gasteiger partial charge in [-0.05, 0) is 5.56 Å². The molecule has 2 aromatic carbocycles. The lowest BCUT2D eigenvalue weighted by atomic mass is 10.2. The fourth-order valence-corrected chi connectivity index (χ4v) is 2.18. The molecule has 0 fully saturated rings. The van der Waals surface area contributed by atoms with Crippen molar-refractivity contribution in [2.75, 3.05) is 5.75 Å². The van der Waals surface area contributed by atoms with E-state index in [1.807, 2.05) is 72.8 Å². The molecule has 2 rings (SSSR count). The fourth-order valence-electron chi connectivity index (χ4n) is 1.53. The Kier molecular flexibility index (Phi) is 4.79. The van der Waals surface area contributed by atoms with Crippen LogP contribution < -0.4 is 0 Å².